The molecule has 1 saturated heterocycles. The molecule has 2 fully saturated rings. The van der Waals surface area contributed by atoms with Crippen molar-refractivity contribution < 1.29 is 4.79 Å². The van der Waals surface area contributed by atoms with Gasteiger partial charge in [-0.2, -0.15) is 0 Å². The van der Waals surface area contributed by atoms with E-state index in [0.29, 0.717) is 11.9 Å². The van der Waals surface area contributed by atoms with E-state index in [1.807, 2.05) is 0 Å². The molecular weight excluding hydrogens is 222 g/mol. The molecule has 0 aromatic heterocycles. The van der Waals surface area contributed by atoms with Crippen LogP contribution in [-0.4, -0.2) is 23.4 Å². The molecule has 1 saturated carbocycles. The molecule has 0 N–H and O–H groups in total. The van der Waals surface area contributed by atoms with Crippen molar-refractivity contribution in [2.45, 2.75) is 63.8 Å². The maximum absolute atomic E-state index is 12.7. The Bertz CT molecular complexity index is 334. The van der Waals surface area contributed by atoms with Crippen LogP contribution in [0.25, 0.3) is 0 Å². The van der Waals surface area contributed by atoms with Crippen LogP contribution < -0.4 is 0 Å². The monoisotopic (exact) mass is 247 g/mol. The molecule has 2 nitrogen and oxygen atoms in total. The molecule has 18 heavy (non-hydrogen) atoms. The minimum atomic E-state index is 0.288. The molecule has 2 heteroatoms. The van der Waals surface area contributed by atoms with Crippen molar-refractivity contribution in [3.63, 3.8) is 0 Å². The maximum Gasteiger partial charge on any atom is 0.226 e. The number of carbonyl (C=O) groups is 1. The highest BCUT2D eigenvalue weighted by Crippen LogP contribution is 2.36. The Hall–Kier alpha value is -0.790. The molecule has 0 spiro atoms. The second-order valence-electron chi connectivity index (χ2n) is 6.27. The fourth-order valence-corrected chi connectivity index (χ4v) is 4.15. The van der Waals surface area contributed by atoms with Crippen LogP contribution in [0.15, 0.2) is 12.2 Å². The minimum absolute atomic E-state index is 0.288. The van der Waals surface area contributed by atoms with Crippen LogP contribution >= 0.6 is 0 Å². The second kappa shape index (κ2) is 5.46. The summed E-state index contributed by atoms with van der Waals surface area (Å²) < 4.78 is 0. The Morgan fingerprint density at radius 1 is 1.00 bits per heavy atom. The topological polar surface area (TPSA) is 20.3 Å². The number of nitrogens with zero attached hydrogens (tertiary/aromatic N) is 1. The predicted molar refractivity (Wildman–Crippen MR) is 73.2 cm³/mol. The number of rotatable bonds is 1. The summed E-state index contributed by atoms with van der Waals surface area (Å²) in [5, 5.41) is 0. The standard InChI is InChI=1S/C16H25NO/c18-16(14-8-2-1-3-9-14)17-12-6-10-13-7-4-5-11-15(13)17/h1-2,13-15H,3-12H2. The molecular formula is C16H25NO. The molecule has 0 bridgehead atoms. The Morgan fingerprint density at radius 2 is 1.83 bits per heavy atom. The number of carbonyl (C=O) groups excluding carboxylic acids is 1. The van der Waals surface area contributed by atoms with Gasteiger partial charge in [0.25, 0.3) is 0 Å². The van der Waals surface area contributed by atoms with Gasteiger partial charge in [-0.05, 0) is 50.9 Å². The first-order chi connectivity index (χ1) is 8.86. The van der Waals surface area contributed by atoms with Crippen molar-refractivity contribution in [1.82, 2.24) is 4.90 Å². The minimum Gasteiger partial charge on any atom is -0.339 e. The third-order valence-electron chi connectivity index (χ3n) is 5.14. The van der Waals surface area contributed by atoms with Crippen molar-refractivity contribution >= 4 is 5.91 Å². The van der Waals surface area contributed by atoms with Gasteiger partial charge in [-0.25, -0.2) is 0 Å². The van der Waals surface area contributed by atoms with Crippen LogP contribution in [0, 0.1) is 11.8 Å². The quantitative estimate of drug-likeness (QED) is 0.649. The SMILES string of the molecule is O=C(C1CC=CCC1)N1CCCC2CCCCC21. The van der Waals surface area contributed by atoms with E-state index in [4.69, 9.17) is 0 Å². The summed E-state index contributed by atoms with van der Waals surface area (Å²) in [6.45, 7) is 1.03. The number of hydrogen-bond acceptors (Lipinski definition) is 1. The third kappa shape index (κ3) is 2.34. The van der Waals surface area contributed by atoms with Crippen LogP contribution in [0.3, 0.4) is 0 Å². The molecule has 0 radical (unpaired) electrons. The highest BCUT2D eigenvalue weighted by Gasteiger charge is 2.37. The molecule has 2 aliphatic carbocycles. The smallest absolute Gasteiger partial charge is 0.226 e. The normalized spacial score (nSPS) is 36.2. The van der Waals surface area contributed by atoms with Crippen molar-refractivity contribution in [3.05, 3.63) is 12.2 Å². The van der Waals surface area contributed by atoms with Crippen LogP contribution in [0.1, 0.15) is 57.8 Å². The molecule has 3 rings (SSSR count). The summed E-state index contributed by atoms with van der Waals surface area (Å²) in [5.41, 5.74) is 0. The van der Waals surface area contributed by atoms with Crippen LogP contribution in [0.2, 0.25) is 0 Å². The second-order valence-corrected chi connectivity index (χ2v) is 6.27. The van der Waals surface area contributed by atoms with E-state index in [0.717, 1.165) is 31.7 Å². The van der Waals surface area contributed by atoms with Crippen molar-refractivity contribution in [1.29, 1.82) is 0 Å². The van der Waals surface area contributed by atoms with E-state index in [9.17, 15) is 4.79 Å². The Morgan fingerprint density at radius 3 is 2.67 bits per heavy atom. The molecule has 3 aliphatic rings. The van der Waals surface area contributed by atoms with E-state index in [1.54, 1.807) is 0 Å². The largest absolute Gasteiger partial charge is 0.339 e. The van der Waals surface area contributed by atoms with Gasteiger partial charge >= 0.3 is 0 Å². The highest BCUT2D eigenvalue weighted by molar-refractivity contribution is 5.79. The van der Waals surface area contributed by atoms with Crippen molar-refractivity contribution in [2.75, 3.05) is 6.54 Å². The average molecular weight is 247 g/mol. The van der Waals surface area contributed by atoms with Crippen LogP contribution in [-0.2, 0) is 4.79 Å². The lowest BCUT2D eigenvalue weighted by Gasteiger charge is -2.45. The van der Waals surface area contributed by atoms with Crippen LogP contribution in [0.5, 0.6) is 0 Å². The van der Waals surface area contributed by atoms with E-state index >= 15 is 0 Å². The van der Waals surface area contributed by atoms with Gasteiger partial charge in [0, 0.05) is 18.5 Å². The summed E-state index contributed by atoms with van der Waals surface area (Å²) in [4.78, 5) is 15.0. The molecule has 0 aromatic carbocycles. The van der Waals surface area contributed by atoms with E-state index in [2.05, 4.69) is 17.1 Å². The van der Waals surface area contributed by atoms with Gasteiger partial charge in [0.1, 0.15) is 0 Å². The fraction of sp³-hybridized carbons (Fsp3) is 0.812. The highest BCUT2D eigenvalue weighted by atomic mass is 16.2. The molecule has 100 valence electrons. The number of hydrogen-bond donors (Lipinski definition) is 0. The number of allylic oxidation sites excluding steroid dienone is 2. The third-order valence-corrected chi connectivity index (χ3v) is 5.14. The fourth-order valence-electron chi connectivity index (χ4n) is 4.15. The Balaban J connectivity index is 1.69. The molecule has 1 aliphatic heterocycles. The summed E-state index contributed by atoms with van der Waals surface area (Å²) >= 11 is 0. The molecule has 1 amide bonds. The number of likely N-dealkylation sites (tertiary alicyclic amines) is 1. The van der Waals surface area contributed by atoms with Gasteiger partial charge in [-0.15, -0.1) is 0 Å². The molecule has 3 unspecified atom stereocenters. The lowest BCUT2D eigenvalue weighted by molar-refractivity contribution is -0.142. The molecule has 3 atom stereocenters. The first-order valence-corrected chi connectivity index (χ1v) is 7.82. The number of piperidine rings is 1. The van der Waals surface area contributed by atoms with Crippen LogP contribution in [0.4, 0.5) is 0 Å². The van der Waals surface area contributed by atoms with E-state index in [-0.39, 0.29) is 5.92 Å². The zero-order valence-corrected chi connectivity index (χ0v) is 11.3. The Labute approximate surface area is 110 Å². The van der Waals surface area contributed by atoms with Crippen molar-refractivity contribution in [3.8, 4) is 0 Å². The van der Waals surface area contributed by atoms with E-state index in [1.165, 1.54) is 38.5 Å². The zero-order chi connectivity index (χ0) is 12.4. The predicted octanol–water partition coefficient (Wildman–Crippen LogP) is 3.52. The van der Waals surface area contributed by atoms with Gasteiger partial charge in [-0.3, -0.25) is 4.79 Å². The lowest BCUT2D eigenvalue weighted by Crippen LogP contribution is -2.51. The molecule has 0 aromatic rings. The zero-order valence-electron chi connectivity index (χ0n) is 11.3. The van der Waals surface area contributed by atoms with Gasteiger partial charge in [0.15, 0.2) is 0 Å². The van der Waals surface area contributed by atoms with Gasteiger partial charge < -0.3 is 4.90 Å². The Kier molecular flexibility index (Phi) is 3.72. The summed E-state index contributed by atoms with van der Waals surface area (Å²) in [5.74, 6) is 1.57. The van der Waals surface area contributed by atoms with Gasteiger partial charge in [0.2, 0.25) is 5.91 Å². The number of fused-ring (bicyclic) bond motifs is 1. The van der Waals surface area contributed by atoms with Crippen molar-refractivity contribution in [2.24, 2.45) is 11.8 Å². The van der Waals surface area contributed by atoms with Gasteiger partial charge in [0.05, 0.1) is 0 Å². The van der Waals surface area contributed by atoms with E-state index < -0.39 is 0 Å². The summed E-state index contributed by atoms with van der Waals surface area (Å²) in [6, 6.07) is 0.589. The first-order valence-electron chi connectivity index (χ1n) is 7.82. The molecule has 1 heterocycles. The first kappa shape index (κ1) is 12.3. The maximum atomic E-state index is 12.7. The summed E-state index contributed by atoms with van der Waals surface area (Å²) in [7, 11) is 0. The average Bonchev–Trinajstić information content (AvgIpc) is 2.47. The lowest BCUT2D eigenvalue weighted by atomic mass is 9.77. The summed E-state index contributed by atoms with van der Waals surface area (Å²) in [6.07, 6.45) is 15.5. The van der Waals surface area contributed by atoms with Gasteiger partial charge in [-0.1, -0.05) is 25.0 Å². The number of amides is 1.